The SMILES string of the molecule is C#CCN(C)C(=O)CC1c2nc(NC(=O)C3CCC3)sc2CC2C(C)(CO)C(O)CCC12C. The van der Waals surface area contributed by atoms with Crippen LogP contribution in [0.15, 0.2) is 0 Å². The maximum Gasteiger partial charge on any atom is 0.229 e. The number of rotatable bonds is 6. The molecule has 0 bridgehead atoms. The zero-order chi connectivity index (χ0) is 24.0. The molecular formula is C25H35N3O4S. The summed E-state index contributed by atoms with van der Waals surface area (Å²) in [6, 6.07) is 0. The first-order valence-corrected chi connectivity index (χ1v) is 12.7. The van der Waals surface area contributed by atoms with Crippen molar-refractivity contribution in [3.05, 3.63) is 10.6 Å². The third-order valence-electron chi connectivity index (χ3n) is 8.73. The van der Waals surface area contributed by atoms with Gasteiger partial charge >= 0.3 is 0 Å². The predicted molar refractivity (Wildman–Crippen MR) is 128 cm³/mol. The molecule has 3 aliphatic carbocycles. The maximum atomic E-state index is 13.1. The molecule has 0 spiro atoms. The van der Waals surface area contributed by atoms with E-state index in [4.69, 9.17) is 11.4 Å². The number of nitrogens with zero attached hydrogens (tertiary/aromatic N) is 2. The van der Waals surface area contributed by atoms with Gasteiger partial charge in [0.1, 0.15) is 0 Å². The van der Waals surface area contributed by atoms with Crippen molar-refractivity contribution in [2.75, 3.05) is 25.5 Å². The van der Waals surface area contributed by atoms with E-state index in [2.05, 4.69) is 18.2 Å². The summed E-state index contributed by atoms with van der Waals surface area (Å²) in [6.07, 6.45) is 9.98. The summed E-state index contributed by atoms with van der Waals surface area (Å²) in [5, 5.41) is 24.8. The van der Waals surface area contributed by atoms with Gasteiger partial charge in [-0.3, -0.25) is 9.59 Å². The molecule has 5 unspecified atom stereocenters. The summed E-state index contributed by atoms with van der Waals surface area (Å²) in [6.45, 7) is 4.25. The van der Waals surface area contributed by atoms with Crippen molar-refractivity contribution in [2.45, 2.75) is 70.8 Å². The number of aromatic nitrogens is 1. The van der Waals surface area contributed by atoms with Crippen LogP contribution >= 0.6 is 11.3 Å². The van der Waals surface area contributed by atoms with Crippen LogP contribution in [-0.4, -0.2) is 58.2 Å². The molecule has 5 atom stereocenters. The van der Waals surface area contributed by atoms with E-state index >= 15 is 0 Å². The molecular weight excluding hydrogens is 438 g/mol. The minimum Gasteiger partial charge on any atom is -0.396 e. The largest absolute Gasteiger partial charge is 0.396 e. The lowest BCUT2D eigenvalue weighted by atomic mass is 9.47. The molecule has 1 aromatic heterocycles. The molecule has 0 saturated heterocycles. The molecule has 2 amide bonds. The molecule has 1 aromatic rings. The normalized spacial score (nSPS) is 33.3. The monoisotopic (exact) mass is 473 g/mol. The first kappa shape index (κ1) is 24.2. The van der Waals surface area contributed by atoms with Gasteiger partial charge in [0.2, 0.25) is 11.8 Å². The van der Waals surface area contributed by atoms with Gasteiger partial charge in [-0.05, 0) is 43.4 Å². The van der Waals surface area contributed by atoms with Crippen LogP contribution in [0.2, 0.25) is 0 Å². The fraction of sp³-hybridized carbons (Fsp3) is 0.720. The number of aliphatic hydroxyl groups is 2. The lowest BCUT2D eigenvalue weighted by Crippen LogP contribution is -2.57. The Balaban J connectivity index is 1.71. The number of hydrogen-bond donors (Lipinski definition) is 3. The number of amides is 2. The van der Waals surface area contributed by atoms with E-state index in [9.17, 15) is 19.8 Å². The second-order valence-corrected chi connectivity index (χ2v) is 11.7. The standard InChI is InChI=1S/C25H35N3O4S/c1-5-11-28(4)20(31)12-16-21-17(33-23(26-21)27-22(32)15-7-6-8-15)13-18-24(16,2)10-9-19(30)25(18,3)14-29/h1,15-16,18-19,29-30H,6-14H2,2-4H3,(H,26,27,32). The molecule has 7 nitrogen and oxygen atoms in total. The second kappa shape index (κ2) is 9.01. The predicted octanol–water partition coefficient (Wildman–Crippen LogP) is 2.78. The van der Waals surface area contributed by atoms with Crippen molar-refractivity contribution < 1.29 is 19.8 Å². The number of terminal acetylenes is 1. The summed E-state index contributed by atoms with van der Waals surface area (Å²) < 4.78 is 0. The highest BCUT2D eigenvalue weighted by Gasteiger charge is 2.59. The molecule has 0 aliphatic heterocycles. The third kappa shape index (κ3) is 4.09. The van der Waals surface area contributed by atoms with E-state index in [0.717, 1.165) is 36.3 Å². The zero-order valence-corrected chi connectivity index (χ0v) is 20.6. The molecule has 33 heavy (non-hydrogen) atoms. The number of anilines is 1. The van der Waals surface area contributed by atoms with Gasteiger partial charge in [0.15, 0.2) is 5.13 Å². The molecule has 3 aliphatic rings. The van der Waals surface area contributed by atoms with Crippen molar-refractivity contribution in [3.8, 4) is 12.3 Å². The zero-order valence-electron chi connectivity index (χ0n) is 19.8. The highest BCUT2D eigenvalue weighted by Crippen LogP contribution is 2.62. The van der Waals surface area contributed by atoms with Crippen molar-refractivity contribution >= 4 is 28.3 Å². The van der Waals surface area contributed by atoms with Crippen LogP contribution in [-0.2, 0) is 16.0 Å². The molecule has 3 N–H and O–H groups in total. The van der Waals surface area contributed by atoms with Crippen molar-refractivity contribution in [1.82, 2.24) is 9.88 Å². The number of thiazole rings is 1. The fourth-order valence-electron chi connectivity index (χ4n) is 6.13. The van der Waals surface area contributed by atoms with E-state index in [1.807, 2.05) is 6.92 Å². The van der Waals surface area contributed by atoms with Crippen molar-refractivity contribution in [3.63, 3.8) is 0 Å². The number of hydrogen-bond acceptors (Lipinski definition) is 6. The molecule has 8 heteroatoms. The molecule has 4 rings (SSSR count). The van der Waals surface area contributed by atoms with Gasteiger partial charge in [-0.15, -0.1) is 17.8 Å². The Kier molecular flexibility index (Phi) is 6.60. The number of fused-ring (bicyclic) bond motifs is 2. The Bertz CT molecular complexity index is 967. The highest BCUT2D eigenvalue weighted by atomic mass is 32.1. The Morgan fingerprint density at radius 2 is 2.06 bits per heavy atom. The fourth-order valence-corrected chi connectivity index (χ4v) is 7.20. The smallest absolute Gasteiger partial charge is 0.229 e. The van der Waals surface area contributed by atoms with Crippen LogP contribution in [0.3, 0.4) is 0 Å². The lowest BCUT2D eigenvalue weighted by molar-refractivity contribution is -0.146. The molecule has 180 valence electrons. The topological polar surface area (TPSA) is 103 Å². The first-order valence-electron chi connectivity index (χ1n) is 11.9. The molecule has 2 fully saturated rings. The van der Waals surface area contributed by atoms with Gasteiger partial charge in [-0.2, -0.15) is 0 Å². The quantitative estimate of drug-likeness (QED) is 0.552. The van der Waals surface area contributed by atoms with E-state index in [1.165, 1.54) is 11.3 Å². The molecule has 0 radical (unpaired) electrons. The van der Waals surface area contributed by atoms with Gasteiger partial charge in [-0.25, -0.2) is 4.98 Å². The van der Waals surface area contributed by atoms with Gasteiger partial charge in [-0.1, -0.05) is 26.2 Å². The van der Waals surface area contributed by atoms with Crippen LogP contribution in [0.4, 0.5) is 5.13 Å². The van der Waals surface area contributed by atoms with Crippen LogP contribution < -0.4 is 5.32 Å². The summed E-state index contributed by atoms with van der Waals surface area (Å²) in [4.78, 5) is 33.1. The maximum absolute atomic E-state index is 13.1. The van der Waals surface area contributed by atoms with Crippen LogP contribution in [0.1, 0.15) is 68.9 Å². The van der Waals surface area contributed by atoms with Gasteiger partial charge < -0.3 is 20.4 Å². The summed E-state index contributed by atoms with van der Waals surface area (Å²) in [5.41, 5.74) is -0.114. The summed E-state index contributed by atoms with van der Waals surface area (Å²) in [7, 11) is 1.71. The number of carbonyl (C=O) groups excluding carboxylic acids is 2. The van der Waals surface area contributed by atoms with Gasteiger partial charge in [0, 0.05) is 35.6 Å². The van der Waals surface area contributed by atoms with E-state index in [1.54, 1.807) is 11.9 Å². The molecule has 2 saturated carbocycles. The van der Waals surface area contributed by atoms with Crippen LogP contribution in [0.25, 0.3) is 0 Å². The Labute approximate surface area is 200 Å². The van der Waals surface area contributed by atoms with E-state index in [-0.39, 0.29) is 54.6 Å². The van der Waals surface area contributed by atoms with Crippen LogP contribution in [0.5, 0.6) is 0 Å². The first-order chi connectivity index (χ1) is 15.6. The number of carbonyl (C=O) groups is 2. The van der Waals surface area contributed by atoms with Crippen molar-refractivity contribution in [1.29, 1.82) is 0 Å². The Morgan fingerprint density at radius 1 is 1.33 bits per heavy atom. The average molecular weight is 474 g/mol. The van der Waals surface area contributed by atoms with E-state index < -0.39 is 11.5 Å². The minimum atomic E-state index is -0.671. The summed E-state index contributed by atoms with van der Waals surface area (Å²) in [5.74, 6) is 2.37. The van der Waals surface area contributed by atoms with Crippen LogP contribution in [0, 0.1) is 35.0 Å². The second-order valence-electron chi connectivity index (χ2n) is 10.6. The average Bonchev–Trinajstić information content (AvgIpc) is 3.13. The summed E-state index contributed by atoms with van der Waals surface area (Å²) >= 11 is 1.47. The number of aliphatic hydroxyl groups excluding tert-OH is 2. The van der Waals surface area contributed by atoms with Gasteiger partial charge in [0.05, 0.1) is 24.9 Å². The molecule has 1 heterocycles. The van der Waals surface area contributed by atoms with Gasteiger partial charge in [0.25, 0.3) is 0 Å². The Morgan fingerprint density at radius 3 is 2.67 bits per heavy atom. The molecule has 0 aromatic carbocycles. The lowest BCUT2D eigenvalue weighted by Gasteiger charge is -2.58. The van der Waals surface area contributed by atoms with Crippen molar-refractivity contribution in [2.24, 2.45) is 22.7 Å². The highest BCUT2D eigenvalue weighted by molar-refractivity contribution is 7.15. The number of nitrogens with one attached hydrogen (secondary N) is 1. The van der Waals surface area contributed by atoms with E-state index in [0.29, 0.717) is 18.0 Å². The Hall–Kier alpha value is -1.95. The minimum absolute atomic E-state index is 0.0161. The third-order valence-corrected chi connectivity index (χ3v) is 9.74.